The molecule has 0 spiro atoms. The lowest BCUT2D eigenvalue weighted by Gasteiger charge is -2.19. The molecule has 4 aromatic carbocycles. The second-order valence-electron chi connectivity index (χ2n) is 12.8. The fourth-order valence-electron chi connectivity index (χ4n) is 6.66. The lowest BCUT2D eigenvalue weighted by atomic mass is 9.91. The highest BCUT2D eigenvalue weighted by molar-refractivity contribution is 6.10. The van der Waals surface area contributed by atoms with Gasteiger partial charge in [0.2, 0.25) is 0 Å². The fraction of sp³-hybridized carbons (Fsp3) is 0.0833. The summed E-state index contributed by atoms with van der Waals surface area (Å²) < 4.78 is 12.6. The molecule has 0 saturated heterocycles. The Morgan fingerprint density at radius 2 is 0.852 bits per heavy atom. The Balaban J connectivity index is 1.13. The van der Waals surface area contributed by atoms with Crippen LogP contribution in [0.2, 0.25) is 0 Å². The third-order valence-corrected chi connectivity index (χ3v) is 9.22. The number of ether oxygens (including phenoxy) is 2. The van der Waals surface area contributed by atoms with Gasteiger partial charge in [0.1, 0.15) is 11.5 Å². The average molecular weight is 703 g/mol. The van der Waals surface area contributed by atoms with E-state index < -0.39 is 0 Å². The van der Waals surface area contributed by atoms with Gasteiger partial charge in [-0.25, -0.2) is 0 Å². The summed E-state index contributed by atoms with van der Waals surface area (Å²) in [5.41, 5.74) is 9.68. The first-order chi connectivity index (χ1) is 26.7. The predicted octanol–water partition coefficient (Wildman–Crippen LogP) is 11.7. The third-order valence-electron chi connectivity index (χ3n) is 9.22. The van der Waals surface area contributed by atoms with Crippen molar-refractivity contribution in [1.29, 1.82) is 0 Å². The smallest absolute Gasteiger partial charge is 0.127 e. The number of pyridine rings is 4. The summed E-state index contributed by atoms with van der Waals surface area (Å²) in [6.45, 7) is 5.14. The molecule has 0 aliphatic rings. The standard InChI is InChI=1S/C48H38N4O2/c1-3-53-45-25-19-37-29-33(11-13-35-17-23-43(51-31-35)41-9-5-7-27-49-41)15-21-39(37)47(45)48-40-22-16-34(30-38(40)20-26-46(48)54-4-2)12-14-36-18-24-44(52-32-36)42-10-6-8-28-50-42/h5-32H,3-4H2,1-2H3/b13-11-,14-12+. The van der Waals surface area contributed by atoms with Gasteiger partial charge in [0, 0.05) is 35.9 Å². The van der Waals surface area contributed by atoms with Crippen LogP contribution in [0.4, 0.5) is 0 Å². The molecular weight excluding hydrogens is 665 g/mol. The van der Waals surface area contributed by atoms with Crippen molar-refractivity contribution in [3.8, 4) is 45.4 Å². The highest BCUT2D eigenvalue weighted by atomic mass is 16.5. The van der Waals surface area contributed by atoms with Crippen LogP contribution in [0.3, 0.4) is 0 Å². The van der Waals surface area contributed by atoms with Gasteiger partial charge in [-0.1, -0.05) is 85.0 Å². The molecule has 4 aromatic heterocycles. The quantitative estimate of drug-likeness (QED) is 0.134. The van der Waals surface area contributed by atoms with E-state index >= 15 is 0 Å². The Bertz CT molecular complexity index is 2420. The number of hydrogen-bond acceptors (Lipinski definition) is 6. The highest BCUT2D eigenvalue weighted by Gasteiger charge is 2.19. The summed E-state index contributed by atoms with van der Waals surface area (Å²) in [5, 5.41) is 4.42. The molecule has 0 saturated carbocycles. The Kier molecular flexibility index (Phi) is 9.98. The van der Waals surface area contributed by atoms with Gasteiger partial charge in [-0.05, 0) is 118 Å². The van der Waals surface area contributed by atoms with Gasteiger partial charge in [0.25, 0.3) is 0 Å². The highest BCUT2D eigenvalue weighted by Crippen LogP contribution is 2.46. The maximum atomic E-state index is 6.30. The minimum atomic E-state index is 0.549. The van der Waals surface area contributed by atoms with E-state index in [4.69, 9.17) is 9.47 Å². The molecule has 0 radical (unpaired) electrons. The molecule has 262 valence electrons. The van der Waals surface area contributed by atoms with E-state index in [1.807, 2.05) is 74.8 Å². The molecule has 0 fully saturated rings. The van der Waals surface area contributed by atoms with Crippen molar-refractivity contribution < 1.29 is 9.47 Å². The Labute approximate surface area is 315 Å². The number of benzene rings is 4. The van der Waals surface area contributed by atoms with Gasteiger partial charge in [0.05, 0.1) is 36.0 Å². The van der Waals surface area contributed by atoms with Crippen molar-refractivity contribution in [3.05, 3.63) is 168 Å². The van der Waals surface area contributed by atoms with Crippen LogP contribution in [0.25, 0.3) is 79.8 Å². The van der Waals surface area contributed by atoms with E-state index in [-0.39, 0.29) is 0 Å². The summed E-state index contributed by atoms with van der Waals surface area (Å²) >= 11 is 0. The monoisotopic (exact) mass is 702 g/mol. The number of nitrogens with zero attached hydrogens (tertiary/aromatic N) is 4. The number of fused-ring (bicyclic) bond motifs is 2. The van der Waals surface area contributed by atoms with Crippen LogP contribution in [-0.4, -0.2) is 33.1 Å². The number of rotatable bonds is 11. The second-order valence-corrected chi connectivity index (χ2v) is 12.8. The van der Waals surface area contributed by atoms with E-state index in [1.165, 1.54) is 0 Å². The van der Waals surface area contributed by atoms with E-state index in [0.717, 1.165) is 89.2 Å². The largest absolute Gasteiger partial charge is 0.493 e. The first kappa shape index (κ1) is 34.2. The zero-order valence-corrected chi connectivity index (χ0v) is 30.2. The van der Waals surface area contributed by atoms with Gasteiger partial charge >= 0.3 is 0 Å². The van der Waals surface area contributed by atoms with Gasteiger partial charge < -0.3 is 9.47 Å². The molecule has 8 rings (SSSR count). The van der Waals surface area contributed by atoms with Crippen LogP contribution in [0.1, 0.15) is 36.1 Å². The van der Waals surface area contributed by atoms with Crippen LogP contribution in [0, 0.1) is 0 Å². The van der Waals surface area contributed by atoms with Crippen molar-refractivity contribution >= 4 is 45.8 Å². The van der Waals surface area contributed by atoms with Crippen molar-refractivity contribution in [3.63, 3.8) is 0 Å². The van der Waals surface area contributed by atoms with E-state index in [1.54, 1.807) is 12.4 Å². The first-order valence-corrected chi connectivity index (χ1v) is 18.2. The van der Waals surface area contributed by atoms with Crippen LogP contribution >= 0.6 is 0 Å². The minimum absolute atomic E-state index is 0.549. The molecule has 6 heteroatoms. The van der Waals surface area contributed by atoms with Crippen molar-refractivity contribution in [2.45, 2.75) is 13.8 Å². The molecule has 54 heavy (non-hydrogen) atoms. The van der Waals surface area contributed by atoms with Crippen molar-refractivity contribution in [2.24, 2.45) is 0 Å². The minimum Gasteiger partial charge on any atom is -0.493 e. The normalized spacial score (nSPS) is 11.5. The topological polar surface area (TPSA) is 70.0 Å². The van der Waals surface area contributed by atoms with Gasteiger partial charge in [0.15, 0.2) is 0 Å². The molecule has 6 nitrogen and oxygen atoms in total. The van der Waals surface area contributed by atoms with Gasteiger partial charge in [-0.3, -0.25) is 19.9 Å². The van der Waals surface area contributed by atoms with E-state index in [9.17, 15) is 0 Å². The lowest BCUT2D eigenvalue weighted by molar-refractivity contribution is 0.337. The summed E-state index contributed by atoms with van der Waals surface area (Å²) in [6, 6.07) is 41.4. The molecule has 0 aliphatic carbocycles. The molecule has 4 heterocycles. The zero-order valence-electron chi connectivity index (χ0n) is 30.2. The van der Waals surface area contributed by atoms with Gasteiger partial charge in [-0.2, -0.15) is 0 Å². The molecule has 0 atom stereocenters. The van der Waals surface area contributed by atoms with Crippen LogP contribution < -0.4 is 9.47 Å². The lowest BCUT2D eigenvalue weighted by Crippen LogP contribution is -1.99. The van der Waals surface area contributed by atoms with Gasteiger partial charge in [-0.15, -0.1) is 0 Å². The molecular formula is C48H38N4O2. The van der Waals surface area contributed by atoms with Crippen LogP contribution in [-0.2, 0) is 0 Å². The molecule has 0 aliphatic heterocycles. The molecule has 0 amide bonds. The predicted molar refractivity (Wildman–Crippen MR) is 222 cm³/mol. The fourth-order valence-corrected chi connectivity index (χ4v) is 6.66. The van der Waals surface area contributed by atoms with Crippen LogP contribution in [0.5, 0.6) is 11.5 Å². The van der Waals surface area contributed by atoms with Crippen LogP contribution in [0.15, 0.2) is 146 Å². The molecule has 0 unspecified atom stereocenters. The molecule has 0 N–H and O–H groups in total. The molecule has 8 aromatic rings. The number of aromatic nitrogens is 4. The molecule has 0 bridgehead atoms. The van der Waals surface area contributed by atoms with Crippen molar-refractivity contribution in [2.75, 3.05) is 13.2 Å². The Hall–Kier alpha value is -6.92. The maximum Gasteiger partial charge on any atom is 0.127 e. The second kappa shape index (κ2) is 15.8. The number of hydrogen-bond donors (Lipinski definition) is 0. The maximum absolute atomic E-state index is 6.30. The summed E-state index contributed by atoms with van der Waals surface area (Å²) in [6.07, 6.45) is 15.7. The SMILES string of the molecule is CCOc1ccc2cc(/C=C\c3ccc(-c4ccccn4)nc3)ccc2c1-c1c(OCC)ccc2cc(/C=C/c3ccc(-c4ccccn4)nc3)ccc12. The summed E-state index contributed by atoms with van der Waals surface area (Å²) in [7, 11) is 0. The Morgan fingerprint density at radius 3 is 1.24 bits per heavy atom. The summed E-state index contributed by atoms with van der Waals surface area (Å²) in [5.74, 6) is 1.65. The third kappa shape index (κ3) is 7.36. The summed E-state index contributed by atoms with van der Waals surface area (Å²) in [4.78, 5) is 18.1. The first-order valence-electron chi connectivity index (χ1n) is 18.2. The Morgan fingerprint density at radius 1 is 0.426 bits per heavy atom. The van der Waals surface area contributed by atoms with Crippen molar-refractivity contribution in [1.82, 2.24) is 19.9 Å². The average Bonchev–Trinajstić information content (AvgIpc) is 3.23. The van der Waals surface area contributed by atoms with E-state index in [2.05, 4.69) is 117 Å². The zero-order chi connectivity index (χ0) is 36.7. The van der Waals surface area contributed by atoms with E-state index in [0.29, 0.717) is 13.2 Å².